The molecule has 0 bridgehead atoms. The number of aliphatic carboxylic acids is 1. The van der Waals surface area contributed by atoms with Crippen LogP contribution in [0.4, 0.5) is 0 Å². The lowest BCUT2D eigenvalue weighted by molar-refractivity contribution is -0.141. The third-order valence-electron chi connectivity index (χ3n) is 5.64. The molecule has 2 rings (SSSR count). The highest BCUT2D eigenvalue weighted by atomic mass is 16.4. The molecule has 0 spiro atoms. The second-order valence-electron chi connectivity index (χ2n) is 8.54. The molecule has 1 aromatic carbocycles. The minimum Gasteiger partial charge on any atom is -0.481 e. The third kappa shape index (κ3) is 9.47. The number of hydrogen-bond acceptors (Lipinski definition) is 7. The number of H-pyrrole nitrogens is 1. The Morgan fingerprint density at radius 2 is 1.78 bits per heavy atom. The summed E-state index contributed by atoms with van der Waals surface area (Å²) in [5.41, 5.74) is 13.8. The van der Waals surface area contributed by atoms with Gasteiger partial charge in [-0.2, -0.15) is 0 Å². The van der Waals surface area contributed by atoms with Crippen molar-refractivity contribution in [1.29, 1.82) is 0 Å². The maximum absolute atomic E-state index is 13.1. The lowest BCUT2D eigenvalue weighted by Crippen LogP contribution is -2.56. The number of aryl methyl sites for hydroxylation is 1. The Morgan fingerprint density at radius 3 is 2.42 bits per heavy atom. The van der Waals surface area contributed by atoms with E-state index in [-0.39, 0.29) is 13.0 Å². The number of aromatic nitrogens is 2. The van der Waals surface area contributed by atoms with Crippen molar-refractivity contribution in [2.75, 3.05) is 6.54 Å². The van der Waals surface area contributed by atoms with E-state index in [0.717, 1.165) is 11.1 Å². The summed E-state index contributed by atoms with van der Waals surface area (Å²) < 4.78 is 0. The Balaban J connectivity index is 2.10. The highest BCUT2D eigenvalue weighted by molar-refractivity contribution is 5.94. The number of rotatable bonds is 15. The van der Waals surface area contributed by atoms with Gasteiger partial charge in [0.15, 0.2) is 0 Å². The molecular formula is C24H35N7O5. The zero-order chi connectivity index (χ0) is 26.5. The summed E-state index contributed by atoms with van der Waals surface area (Å²) in [6.45, 7) is 2.54. The van der Waals surface area contributed by atoms with Crippen LogP contribution in [0.2, 0.25) is 0 Å². The van der Waals surface area contributed by atoms with Gasteiger partial charge in [-0.15, -0.1) is 0 Å². The van der Waals surface area contributed by atoms with E-state index in [2.05, 4.69) is 25.9 Å². The summed E-state index contributed by atoms with van der Waals surface area (Å²) in [5, 5.41) is 17.1. The van der Waals surface area contributed by atoms with Crippen LogP contribution in [0.25, 0.3) is 0 Å². The van der Waals surface area contributed by atoms with E-state index >= 15 is 0 Å². The average Bonchev–Trinajstić information content (AvgIpc) is 3.35. The number of carboxylic acids is 1. The van der Waals surface area contributed by atoms with Gasteiger partial charge in [-0.3, -0.25) is 19.2 Å². The number of aromatic amines is 1. The first kappa shape index (κ1) is 28.5. The predicted molar refractivity (Wildman–Crippen MR) is 132 cm³/mol. The molecule has 1 aromatic heterocycles. The molecule has 3 amide bonds. The summed E-state index contributed by atoms with van der Waals surface area (Å²) in [5.74, 6) is -3.17. The zero-order valence-electron chi connectivity index (χ0n) is 20.3. The van der Waals surface area contributed by atoms with E-state index in [1.54, 1.807) is 0 Å². The number of amides is 3. The van der Waals surface area contributed by atoms with E-state index < -0.39 is 48.2 Å². The first-order chi connectivity index (χ1) is 17.2. The van der Waals surface area contributed by atoms with Gasteiger partial charge >= 0.3 is 5.97 Å². The lowest BCUT2D eigenvalue weighted by Gasteiger charge is -2.23. The monoisotopic (exact) mass is 501 g/mol. The molecule has 0 saturated carbocycles. The normalized spacial score (nSPS) is 13.3. The number of nitrogens with one attached hydrogen (secondary N) is 4. The van der Waals surface area contributed by atoms with Crippen molar-refractivity contribution in [2.24, 2.45) is 11.5 Å². The van der Waals surface area contributed by atoms with Crippen LogP contribution in [-0.4, -0.2) is 63.4 Å². The van der Waals surface area contributed by atoms with E-state index in [4.69, 9.17) is 11.5 Å². The Kier molecular flexibility index (Phi) is 11.5. The van der Waals surface area contributed by atoms with E-state index in [1.807, 2.05) is 31.2 Å². The van der Waals surface area contributed by atoms with Crippen molar-refractivity contribution in [3.05, 3.63) is 53.6 Å². The number of unbranched alkanes of at least 4 members (excludes halogenated alkanes) is 1. The summed E-state index contributed by atoms with van der Waals surface area (Å²) in [4.78, 5) is 56.7. The average molecular weight is 502 g/mol. The fraction of sp³-hybridized carbons (Fsp3) is 0.458. The van der Waals surface area contributed by atoms with Gasteiger partial charge in [0.2, 0.25) is 17.7 Å². The molecular weight excluding hydrogens is 466 g/mol. The van der Waals surface area contributed by atoms with E-state index in [0.29, 0.717) is 31.5 Å². The molecule has 2 aromatic rings. The number of nitrogens with two attached hydrogens (primary N) is 2. The first-order valence-corrected chi connectivity index (χ1v) is 11.8. The first-order valence-electron chi connectivity index (χ1n) is 11.8. The number of carbonyl (C=O) groups is 4. The number of nitrogens with zero attached hydrogens (tertiary/aromatic N) is 1. The third-order valence-corrected chi connectivity index (χ3v) is 5.64. The SMILES string of the molecule is Cc1ccccc1CNC(=O)[C@H](CC(=O)O)NC(=O)[C@H](Cc1cnc[nH]1)NC(=O)[C@@H](N)CCCCN. The molecule has 0 aliphatic rings. The number of carboxylic acid groups (broad SMARTS) is 1. The van der Waals surface area contributed by atoms with Crippen LogP contribution in [0, 0.1) is 6.92 Å². The molecule has 196 valence electrons. The van der Waals surface area contributed by atoms with Crippen molar-refractivity contribution < 1.29 is 24.3 Å². The molecule has 0 aliphatic carbocycles. The minimum atomic E-state index is -1.35. The fourth-order valence-electron chi connectivity index (χ4n) is 3.51. The Morgan fingerprint density at radius 1 is 1.06 bits per heavy atom. The van der Waals surface area contributed by atoms with Crippen molar-refractivity contribution in [3.63, 3.8) is 0 Å². The molecule has 0 fully saturated rings. The summed E-state index contributed by atoms with van der Waals surface area (Å²) in [7, 11) is 0. The summed E-state index contributed by atoms with van der Waals surface area (Å²) >= 11 is 0. The van der Waals surface area contributed by atoms with Gasteiger partial charge in [-0.05, 0) is 37.4 Å². The number of hydrogen-bond donors (Lipinski definition) is 7. The summed E-state index contributed by atoms with van der Waals surface area (Å²) in [6.07, 6.45) is 4.10. The fourth-order valence-corrected chi connectivity index (χ4v) is 3.51. The van der Waals surface area contributed by atoms with Gasteiger partial charge in [-0.1, -0.05) is 30.7 Å². The van der Waals surface area contributed by atoms with Crippen LogP contribution in [0.3, 0.4) is 0 Å². The number of carbonyl (C=O) groups excluding carboxylic acids is 3. The minimum absolute atomic E-state index is 0.0394. The largest absolute Gasteiger partial charge is 0.481 e. The molecule has 3 atom stereocenters. The molecule has 12 nitrogen and oxygen atoms in total. The highest BCUT2D eigenvalue weighted by Gasteiger charge is 2.30. The molecule has 1 heterocycles. The maximum atomic E-state index is 13.1. The van der Waals surface area contributed by atoms with Gasteiger partial charge in [0.1, 0.15) is 12.1 Å². The molecule has 36 heavy (non-hydrogen) atoms. The number of imidazole rings is 1. The molecule has 0 saturated heterocycles. The van der Waals surface area contributed by atoms with Crippen LogP contribution in [0.5, 0.6) is 0 Å². The molecule has 0 radical (unpaired) electrons. The quantitative estimate of drug-likeness (QED) is 0.158. The highest BCUT2D eigenvalue weighted by Crippen LogP contribution is 2.07. The van der Waals surface area contributed by atoms with Crippen molar-refractivity contribution in [2.45, 2.75) is 63.7 Å². The van der Waals surface area contributed by atoms with Crippen molar-refractivity contribution in [1.82, 2.24) is 25.9 Å². The zero-order valence-corrected chi connectivity index (χ0v) is 20.3. The van der Waals surface area contributed by atoms with Gasteiger partial charge in [0.05, 0.1) is 18.8 Å². The molecule has 0 aliphatic heterocycles. The smallest absolute Gasteiger partial charge is 0.305 e. The molecule has 0 unspecified atom stereocenters. The van der Waals surface area contributed by atoms with Crippen LogP contribution in [-0.2, 0) is 32.1 Å². The van der Waals surface area contributed by atoms with Gasteiger partial charge in [0, 0.05) is 24.9 Å². The Hall–Kier alpha value is -3.77. The second kappa shape index (κ2) is 14.6. The lowest BCUT2D eigenvalue weighted by atomic mass is 10.1. The Bertz CT molecular complexity index is 1010. The van der Waals surface area contributed by atoms with Crippen molar-refractivity contribution in [3.8, 4) is 0 Å². The van der Waals surface area contributed by atoms with Crippen LogP contribution < -0.4 is 27.4 Å². The Labute approximate surface area is 209 Å². The standard InChI is InChI=1S/C24H35N7O5/c1-15-6-2-3-7-16(15)12-28-23(35)20(11-21(32)33)31-24(36)19(10-17-13-27-14-29-17)30-22(34)18(26)8-4-5-9-25/h2-3,6-7,13-14,18-20H,4-5,8-12,25-26H2,1H3,(H,27,29)(H,28,35)(H,30,34)(H,31,36)(H,32,33)/t18-,19-,20-/m0/s1. The maximum Gasteiger partial charge on any atom is 0.305 e. The van der Waals surface area contributed by atoms with Crippen molar-refractivity contribution >= 4 is 23.7 Å². The topological polar surface area (TPSA) is 205 Å². The number of benzene rings is 1. The summed E-state index contributed by atoms with van der Waals surface area (Å²) in [6, 6.07) is 4.12. The van der Waals surface area contributed by atoms with Gasteiger partial charge < -0.3 is 37.5 Å². The van der Waals surface area contributed by atoms with Crippen LogP contribution >= 0.6 is 0 Å². The van der Waals surface area contributed by atoms with Crippen LogP contribution in [0.1, 0.15) is 42.5 Å². The second-order valence-corrected chi connectivity index (χ2v) is 8.54. The molecule has 12 heteroatoms. The van der Waals surface area contributed by atoms with E-state index in [9.17, 15) is 24.3 Å². The van der Waals surface area contributed by atoms with Crippen LogP contribution in [0.15, 0.2) is 36.8 Å². The predicted octanol–water partition coefficient (Wildman–Crippen LogP) is -0.522. The van der Waals surface area contributed by atoms with Gasteiger partial charge in [0.25, 0.3) is 0 Å². The van der Waals surface area contributed by atoms with Gasteiger partial charge in [-0.25, -0.2) is 4.98 Å². The molecule has 9 N–H and O–H groups in total. The van der Waals surface area contributed by atoms with E-state index in [1.165, 1.54) is 12.5 Å².